The van der Waals surface area contributed by atoms with Crippen molar-refractivity contribution in [3.63, 3.8) is 0 Å². The smallest absolute Gasteiger partial charge is 0.240 e. The number of sulfonamides is 1. The number of aldehydes is 1. The SMILES string of the molecule is O=Cc1ccc(S(=O)(=O)NCc2ccc(Cl)cc2)cc1. The zero-order chi connectivity index (χ0) is 14.6. The van der Waals surface area contributed by atoms with Crippen LogP contribution >= 0.6 is 11.6 Å². The van der Waals surface area contributed by atoms with Gasteiger partial charge in [0.15, 0.2) is 0 Å². The lowest BCUT2D eigenvalue weighted by atomic mass is 10.2. The van der Waals surface area contributed by atoms with Crippen molar-refractivity contribution in [2.45, 2.75) is 11.4 Å². The van der Waals surface area contributed by atoms with Crippen LogP contribution in [0.5, 0.6) is 0 Å². The van der Waals surface area contributed by atoms with Crippen LogP contribution in [-0.4, -0.2) is 14.7 Å². The number of nitrogens with one attached hydrogen (secondary N) is 1. The maximum absolute atomic E-state index is 12.0. The molecule has 0 bridgehead atoms. The lowest BCUT2D eigenvalue weighted by Crippen LogP contribution is -2.23. The molecule has 0 unspecified atom stereocenters. The molecule has 0 radical (unpaired) electrons. The molecular formula is C14H12ClNO3S. The summed E-state index contributed by atoms with van der Waals surface area (Å²) in [5.74, 6) is 0. The minimum atomic E-state index is -3.59. The molecule has 0 fully saturated rings. The van der Waals surface area contributed by atoms with E-state index in [9.17, 15) is 13.2 Å². The van der Waals surface area contributed by atoms with Crippen LogP contribution in [0.15, 0.2) is 53.4 Å². The Morgan fingerprint density at radius 1 is 1.00 bits per heavy atom. The van der Waals surface area contributed by atoms with E-state index in [1.807, 2.05) is 0 Å². The normalized spacial score (nSPS) is 11.2. The average molecular weight is 310 g/mol. The van der Waals surface area contributed by atoms with E-state index in [4.69, 9.17) is 11.6 Å². The van der Waals surface area contributed by atoms with Crippen LogP contribution in [0.1, 0.15) is 15.9 Å². The van der Waals surface area contributed by atoms with Gasteiger partial charge in [0, 0.05) is 17.1 Å². The predicted molar refractivity (Wildman–Crippen MR) is 77.3 cm³/mol. The summed E-state index contributed by atoms with van der Waals surface area (Å²) in [6.07, 6.45) is 0.664. The van der Waals surface area contributed by atoms with Crippen molar-refractivity contribution in [3.8, 4) is 0 Å². The summed E-state index contributed by atoms with van der Waals surface area (Å²) in [5, 5.41) is 0.598. The van der Waals surface area contributed by atoms with E-state index in [-0.39, 0.29) is 11.4 Å². The van der Waals surface area contributed by atoms with Crippen molar-refractivity contribution < 1.29 is 13.2 Å². The molecule has 0 atom stereocenters. The monoisotopic (exact) mass is 309 g/mol. The number of rotatable bonds is 5. The van der Waals surface area contributed by atoms with Gasteiger partial charge in [0.25, 0.3) is 0 Å². The molecule has 104 valence electrons. The summed E-state index contributed by atoms with van der Waals surface area (Å²) in [7, 11) is -3.59. The number of hydrogen-bond donors (Lipinski definition) is 1. The minimum absolute atomic E-state index is 0.122. The number of carbonyl (C=O) groups excluding carboxylic acids is 1. The average Bonchev–Trinajstić information content (AvgIpc) is 2.47. The fraction of sp³-hybridized carbons (Fsp3) is 0.0714. The standard InChI is InChI=1S/C14H12ClNO3S/c15-13-5-1-11(2-6-13)9-16-20(18,19)14-7-3-12(10-17)4-8-14/h1-8,10,16H,9H2. The van der Waals surface area contributed by atoms with Crippen molar-refractivity contribution >= 4 is 27.9 Å². The van der Waals surface area contributed by atoms with E-state index >= 15 is 0 Å². The Morgan fingerprint density at radius 3 is 2.15 bits per heavy atom. The van der Waals surface area contributed by atoms with E-state index in [0.29, 0.717) is 16.9 Å². The van der Waals surface area contributed by atoms with E-state index in [0.717, 1.165) is 5.56 Å². The highest BCUT2D eigenvalue weighted by atomic mass is 35.5. The molecule has 4 nitrogen and oxygen atoms in total. The fourth-order valence-electron chi connectivity index (χ4n) is 1.59. The summed E-state index contributed by atoms with van der Waals surface area (Å²) in [5.41, 5.74) is 1.24. The largest absolute Gasteiger partial charge is 0.298 e. The van der Waals surface area contributed by atoms with Crippen LogP contribution in [0.2, 0.25) is 5.02 Å². The Hall–Kier alpha value is -1.69. The molecule has 0 amide bonds. The first-order valence-electron chi connectivity index (χ1n) is 5.80. The third kappa shape index (κ3) is 3.66. The van der Waals surface area contributed by atoms with Gasteiger partial charge in [-0.15, -0.1) is 0 Å². The molecule has 2 aromatic carbocycles. The number of halogens is 1. The third-order valence-electron chi connectivity index (χ3n) is 2.71. The van der Waals surface area contributed by atoms with Gasteiger partial charge in [-0.2, -0.15) is 0 Å². The first-order chi connectivity index (χ1) is 9.51. The van der Waals surface area contributed by atoms with Gasteiger partial charge in [-0.25, -0.2) is 13.1 Å². The molecule has 2 aromatic rings. The maximum atomic E-state index is 12.0. The van der Waals surface area contributed by atoms with Gasteiger partial charge in [0.1, 0.15) is 6.29 Å². The molecule has 2 rings (SSSR count). The lowest BCUT2D eigenvalue weighted by molar-refractivity contribution is 0.112. The van der Waals surface area contributed by atoms with Gasteiger partial charge in [-0.05, 0) is 29.8 Å². The summed E-state index contributed by atoms with van der Waals surface area (Å²) >= 11 is 5.76. The van der Waals surface area contributed by atoms with Crippen LogP contribution in [0.4, 0.5) is 0 Å². The maximum Gasteiger partial charge on any atom is 0.240 e. The number of hydrogen-bond acceptors (Lipinski definition) is 3. The highest BCUT2D eigenvalue weighted by Crippen LogP contribution is 2.12. The van der Waals surface area contributed by atoms with Crippen molar-refractivity contribution in [2.75, 3.05) is 0 Å². The first kappa shape index (κ1) is 14.7. The minimum Gasteiger partial charge on any atom is -0.298 e. The number of carbonyl (C=O) groups is 1. The van der Waals surface area contributed by atoms with Crippen LogP contribution in [0.3, 0.4) is 0 Å². The van der Waals surface area contributed by atoms with Crippen molar-refractivity contribution in [1.82, 2.24) is 4.72 Å². The van der Waals surface area contributed by atoms with Crippen LogP contribution < -0.4 is 4.72 Å². The van der Waals surface area contributed by atoms with E-state index < -0.39 is 10.0 Å². The van der Waals surface area contributed by atoms with Crippen LogP contribution in [0, 0.1) is 0 Å². The zero-order valence-corrected chi connectivity index (χ0v) is 12.0. The molecule has 0 saturated heterocycles. The summed E-state index contributed by atoms with van der Waals surface area (Å²) in [4.78, 5) is 10.7. The second kappa shape index (κ2) is 6.17. The van der Waals surface area contributed by atoms with Gasteiger partial charge < -0.3 is 0 Å². The second-order valence-electron chi connectivity index (χ2n) is 4.14. The van der Waals surface area contributed by atoms with Crippen LogP contribution in [-0.2, 0) is 16.6 Å². The van der Waals surface area contributed by atoms with Gasteiger partial charge in [-0.3, -0.25) is 4.79 Å². The molecule has 6 heteroatoms. The zero-order valence-electron chi connectivity index (χ0n) is 10.4. The summed E-state index contributed by atoms with van der Waals surface area (Å²) in [6, 6.07) is 12.6. The van der Waals surface area contributed by atoms with Gasteiger partial charge >= 0.3 is 0 Å². The van der Waals surface area contributed by atoms with Gasteiger partial charge in [0.2, 0.25) is 10.0 Å². The Kier molecular flexibility index (Phi) is 4.54. The lowest BCUT2D eigenvalue weighted by Gasteiger charge is -2.07. The molecule has 0 aliphatic carbocycles. The number of benzene rings is 2. The second-order valence-corrected chi connectivity index (χ2v) is 6.34. The molecule has 0 heterocycles. The van der Waals surface area contributed by atoms with E-state index in [2.05, 4.69) is 4.72 Å². The Bertz CT molecular complexity index is 694. The Balaban J connectivity index is 2.10. The van der Waals surface area contributed by atoms with E-state index in [1.165, 1.54) is 24.3 Å². The Morgan fingerprint density at radius 2 is 1.60 bits per heavy atom. The molecule has 0 aliphatic rings. The molecular weight excluding hydrogens is 298 g/mol. The van der Waals surface area contributed by atoms with Crippen molar-refractivity contribution in [3.05, 3.63) is 64.7 Å². The highest BCUT2D eigenvalue weighted by Gasteiger charge is 2.13. The molecule has 0 saturated carbocycles. The molecule has 0 aromatic heterocycles. The quantitative estimate of drug-likeness (QED) is 0.864. The van der Waals surface area contributed by atoms with Crippen molar-refractivity contribution in [1.29, 1.82) is 0 Å². The fourth-order valence-corrected chi connectivity index (χ4v) is 2.73. The molecule has 20 heavy (non-hydrogen) atoms. The first-order valence-corrected chi connectivity index (χ1v) is 7.67. The topological polar surface area (TPSA) is 63.2 Å². The molecule has 0 spiro atoms. The highest BCUT2D eigenvalue weighted by molar-refractivity contribution is 7.89. The van der Waals surface area contributed by atoms with E-state index in [1.54, 1.807) is 24.3 Å². The van der Waals surface area contributed by atoms with Crippen LogP contribution in [0.25, 0.3) is 0 Å². The van der Waals surface area contributed by atoms with Crippen molar-refractivity contribution in [2.24, 2.45) is 0 Å². The molecule has 1 N–H and O–H groups in total. The predicted octanol–water partition coefficient (Wildman–Crippen LogP) is 2.63. The van der Waals surface area contributed by atoms with Gasteiger partial charge in [0.05, 0.1) is 4.90 Å². The third-order valence-corrected chi connectivity index (χ3v) is 4.38. The Labute approximate surface area is 122 Å². The summed E-state index contributed by atoms with van der Waals surface area (Å²) in [6.45, 7) is 0.176. The summed E-state index contributed by atoms with van der Waals surface area (Å²) < 4.78 is 26.6. The molecule has 0 aliphatic heterocycles. The van der Waals surface area contributed by atoms with Gasteiger partial charge in [-0.1, -0.05) is 35.9 Å².